The Bertz CT molecular complexity index is 579. The Kier molecular flexibility index (Phi) is 4.66. The van der Waals surface area contributed by atoms with Crippen LogP contribution >= 0.6 is 11.3 Å². The smallest absolute Gasteiger partial charge is 0.252 e. The maximum absolute atomic E-state index is 12.7. The van der Waals surface area contributed by atoms with Crippen molar-refractivity contribution in [2.45, 2.75) is 42.5 Å². The Hall–Kier alpha value is -0.470. The topological polar surface area (TPSA) is 66.6 Å². The highest BCUT2D eigenvalue weighted by Gasteiger charge is 2.36. The molecule has 2 aliphatic rings. The van der Waals surface area contributed by atoms with Gasteiger partial charge in [-0.2, -0.15) is 4.31 Å². The quantitative estimate of drug-likeness (QED) is 0.908. The monoisotopic (exact) mass is 329 g/mol. The third-order valence-electron chi connectivity index (χ3n) is 4.47. The van der Waals surface area contributed by atoms with E-state index in [2.05, 4.69) is 4.90 Å². The average Bonchev–Trinajstić information content (AvgIpc) is 3.18. The molecule has 2 aliphatic heterocycles. The lowest BCUT2D eigenvalue weighted by molar-refractivity contribution is 0.169. The zero-order chi connectivity index (χ0) is 14.9. The molecule has 3 heterocycles. The molecule has 0 amide bonds. The molecule has 7 heteroatoms. The van der Waals surface area contributed by atoms with Gasteiger partial charge >= 0.3 is 0 Å². The van der Waals surface area contributed by atoms with Crippen molar-refractivity contribution >= 4 is 21.4 Å². The lowest BCUT2D eigenvalue weighted by atomic mass is 10.1. The molecule has 1 aromatic heterocycles. The van der Waals surface area contributed by atoms with Gasteiger partial charge in [-0.1, -0.05) is 6.42 Å². The normalized spacial score (nSPS) is 25.5. The van der Waals surface area contributed by atoms with Gasteiger partial charge in [0.15, 0.2) is 0 Å². The van der Waals surface area contributed by atoms with Crippen LogP contribution in [0.25, 0.3) is 0 Å². The van der Waals surface area contributed by atoms with E-state index in [1.54, 1.807) is 10.4 Å². The minimum absolute atomic E-state index is 0.397. The summed E-state index contributed by atoms with van der Waals surface area (Å²) >= 11 is 1.30. The van der Waals surface area contributed by atoms with E-state index in [9.17, 15) is 8.42 Å². The van der Waals surface area contributed by atoms with Gasteiger partial charge in [-0.15, -0.1) is 11.3 Å². The van der Waals surface area contributed by atoms with Crippen molar-refractivity contribution in [3.8, 4) is 0 Å². The maximum atomic E-state index is 12.7. The number of thiophene rings is 1. The van der Waals surface area contributed by atoms with Crippen molar-refractivity contribution in [2.24, 2.45) is 5.73 Å². The number of nitrogens with zero attached hydrogens (tertiary/aromatic N) is 2. The van der Waals surface area contributed by atoms with Gasteiger partial charge in [0.25, 0.3) is 10.0 Å². The van der Waals surface area contributed by atoms with Crippen LogP contribution in [0, 0.1) is 0 Å². The highest BCUT2D eigenvalue weighted by molar-refractivity contribution is 7.91. The Morgan fingerprint density at radius 2 is 1.95 bits per heavy atom. The van der Waals surface area contributed by atoms with E-state index < -0.39 is 10.0 Å². The van der Waals surface area contributed by atoms with Crippen LogP contribution < -0.4 is 5.73 Å². The number of hydrogen-bond acceptors (Lipinski definition) is 5. The molecule has 0 bridgehead atoms. The molecule has 2 fully saturated rings. The lowest BCUT2D eigenvalue weighted by Crippen LogP contribution is -2.41. The Labute approximate surface area is 130 Å². The number of likely N-dealkylation sites (tertiary alicyclic amines) is 1. The zero-order valence-electron chi connectivity index (χ0n) is 12.2. The molecule has 0 saturated carbocycles. The fourth-order valence-corrected chi connectivity index (χ4v) is 6.13. The average molecular weight is 329 g/mol. The predicted molar refractivity (Wildman–Crippen MR) is 84.8 cm³/mol. The maximum Gasteiger partial charge on any atom is 0.252 e. The van der Waals surface area contributed by atoms with Gasteiger partial charge in [-0.05, 0) is 44.5 Å². The number of sulfonamides is 1. The number of hydrogen-bond donors (Lipinski definition) is 1. The highest BCUT2D eigenvalue weighted by atomic mass is 32.2. The third kappa shape index (κ3) is 3.17. The molecule has 2 saturated heterocycles. The Morgan fingerprint density at radius 3 is 2.62 bits per heavy atom. The van der Waals surface area contributed by atoms with Gasteiger partial charge in [-0.3, -0.25) is 4.90 Å². The Balaban J connectivity index is 1.69. The van der Waals surface area contributed by atoms with Crippen molar-refractivity contribution in [1.82, 2.24) is 9.21 Å². The molecule has 0 radical (unpaired) electrons. The van der Waals surface area contributed by atoms with E-state index in [-0.39, 0.29) is 0 Å². The second-order valence-corrected chi connectivity index (χ2v) is 9.16. The van der Waals surface area contributed by atoms with Crippen LogP contribution in [0.3, 0.4) is 0 Å². The van der Waals surface area contributed by atoms with Crippen LogP contribution in [0.15, 0.2) is 16.3 Å². The van der Waals surface area contributed by atoms with Crippen LogP contribution in [0.4, 0.5) is 0 Å². The van der Waals surface area contributed by atoms with Crippen LogP contribution in [0.2, 0.25) is 0 Å². The summed E-state index contributed by atoms with van der Waals surface area (Å²) in [5.41, 5.74) is 5.57. The fourth-order valence-electron chi connectivity index (χ4n) is 3.24. The van der Waals surface area contributed by atoms with Gasteiger partial charge in [0, 0.05) is 30.6 Å². The first-order valence-corrected chi connectivity index (χ1v) is 9.90. The summed E-state index contributed by atoms with van der Waals surface area (Å²) in [7, 11) is -3.33. The van der Waals surface area contributed by atoms with Crippen LogP contribution in [0.5, 0.6) is 0 Å². The molecule has 1 atom stereocenters. The highest BCUT2D eigenvalue weighted by Crippen LogP contribution is 2.29. The summed E-state index contributed by atoms with van der Waals surface area (Å²) < 4.78 is 27.4. The van der Waals surface area contributed by atoms with E-state index in [0.717, 1.165) is 24.4 Å². The van der Waals surface area contributed by atoms with E-state index >= 15 is 0 Å². The molecule has 21 heavy (non-hydrogen) atoms. The Morgan fingerprint density at radius 1 is 1.19 bits per heavy atom. The molecule has 118 valence electrons. The summed E-state index contributed by atoms with van der Waals surface area (Å²) in [6.07, 6.45) is 4.75. The van der Waals surface area contributed by atoms with E-state index in [1.165, 1.54) is 30.6 Å². The second-order valence-electron chi connectivity index (χ2n) is 5.83. The molecular formula is C14H23N3O2S2. The molecule has 2 N–H and O–H groups in total. The van der Waals surface area contributed by atoms with Gasteiger partial charge in [-0.25, -0.2) is 8.42 Å². The molecule has 1 aromatic rings. The zero-order valence-corrected chi connectivity index (χ0v) is 13.8. The van der Waals surface area contributed by atoms with Gasteiger partial charge < -0.3 is 5.73 Å². The van der Waals surface area contributed by atoms with E-state index in [1.807, 2.05) is 6.07 Å². The minimum atomic E-state index is -3.33. The van der Waals surface area contributed by atoms with Crippen molar-refractivity contribution in [3.63, 3.8) is 0 Å². The molecule has 3 rings (SSSR count). The number of rotatable bonds is 4. The molecule has 0 spiro atoms. The first-order valence-electron chi connectivity index (χ1n) is 7.64. The predicted octanol–water partition coefficient (Wildman–Crippen LogP) is 1.46. The largest absolute Gasteiger partial charge is 0.326 e. The minimum Gasteiger partial charge on any atom is -0.326 e. The van der Waals surface area contributed by atoms with Gasteiger partial charge in [0.05, 0.1) is 0 Å². The van der Waals surface area contributed by atoms with Crippen LogP contribution in [-0.4, -0.2) is 49.8 Å². The summed E-state index contributed by atoms with van der Waals surface area (Å²) in [6, 6.07) is 3.90. The first kappa shape index (κ1) is 15.4. The molecule has 5 nitrogen and oxygen atoms in total. The van der Waals surface area contributed by atoms with Gasteiger partial charge in [0.2, 0.25) is 0 Å². The van der Waals surface area contributed by atoms with E-state index in [4.69, 9.17) is 5.73 Å². The van der Waals surface area contributed by atoms with Crippen molar-refractivity contribution < 1.29 is 8.42 Å². The number of piperidine rings is 1. The van der Waals surface area contributed by atoms with Crippen LogP contribution in [0.1, 0.15) is 30.6 Å². The third-order valence-corrected chi connectivity index (χ3v) is 7.91. The molecular weight excluding hydrogens is 306 g/mol. The summed E-state index contributed by atoms with van der Waals surface area (Å²) in [5, 5.41) is 0. The standard InChI is InChI=1S/C14H23N3O2S2/c15-10-13-4-5-14(20-13)21(18,19)17-9-6-12(11-17)16-7-2-1-3-8-16/h4-5,12H,1-3,6-11,15H2. The fraction of sp³-hybridized carbons (Fsp3) is 0.714. The lowest BCUT2D eigenvalue weighted by Gasteiger charge is -2.32. The summed E-state index contributed by atoms with van der Waals surface area (Å²) in [4.78, 5) is 3.39. The second kappa shape index (κ2) is 6.34. The molecule has 0 aromatic carbocycles. The van der Waals surface area contributed by atoms with Gasteiger partial charge in [0.1, 0.15) is 4.21 Å². The molecule has 0 aliphatic carbocycles. The van der Waals surface area contributed by atoms with Crippen LogP contribution in [-0.2, 0) is 16.6 Å². The SMILES string of the molecule is NCc1ccc(S(=O)(=O)N2CCC(N3CCCCC3)C2)s1. The number of nitrogens with two attached hydrogens (primary N) is 1. The molecule has 1 unspecified atom stereocenters. The van der Waals surface area contributed by atoms with Crippen molar-refractivity contribution in [1.29, 1.82) is 0 Å². The van der Waals surface area contributed by atoms with Crippen molar-refractivity contribution in [3.05, 3.63) is 17.0 Å². The summed E-state index contributed by atoms with van der Waals surface area (Å²) in [6.45, 7) is 3.91. The summed E-state index contributed by atoms with van der Waals surface area (Å²) in [5.74, 6) is 0. The van der Waals surface area contributed by atoms with E-state index in [0.29, 0.717) is 29.9 Å². The van der Waals surface area contributed by atoms with Crippen molar-refractivity contribution in [2.75, 3.05) is 26.2 Å². The first-order chi connectivity index (χ1) is 10.1.